The van der Waals surface area contributed by atoms with E-state index in [9.17, 15) is 26.4 Å². The zero-order valence-corrected chi connectivity index (χ0v) is 20.7. The molecule has 13 heteroatoms. The van der Waals surface area contributed by atoms with E-state index in [2.05, 4.69) is 20.3 Å². The summed E-state index contributed by atoms with van der Waals surface area (Å²) in [5.74, 6) is -6.09. The van der Waals surface area contributed by atoms with Gasteiger partial charge in [0.2, 0.25) is 11.7 Å². The van der Waals surface area contributed by atoms with Crippen molar-refractivity contribution in [3.05, 3.63) is 107 Å². The van der Waals surface area contributed by atoms with Gasteiger partial charge in [0.1, 0.15) is 28.0 Å². The number of carbonyl (C=O) groups excluding carboxylic acids is 1. The molecular weight excluding hydrogens is 538 g/mol. The van der Waals surface area contributed by atoms with Crippen LogP contribution in [0.1, 0.15) is 21.5 Å². The molecule has 0 saturated heterocycles. The quantitative estimate of drug-likeness (QED) is 0.178. The maximum atomic E-state index is 15.3. The van der Waals surface area contributed by atoms with Crippen LogP contribution in [0.3, 0.4) is 0 Å². The van der Waals surface area contributed by atoms with Crippen molar-refractivity contribution >= 4 is 44.2 Å². The highest BCUT2D eigenvalue weighted by atomic mass is 32.2. The van der Waals surface area contributed by atoms with Gasteiger partial charge in [0.15, 0.2) is 5.82 Å². The number of anilines is 3. The summed E-state index contributed by atoms with van der Waals surface area (Å²) in [6, 6.07) is 10.5. The molecule has 0 aliphatic carbocycles. The number of halogens is 4. The van der Waals surface area contributed by atoms with Crippen molar-refractivity contribution in [3.63, 3.8) is 0 Å². The number of aryl methyl sites for hydroxylation is 1. The lowest BCUT2D eigenvalue weighted by molar-refractivity contribution is 0.103. The van der Waals surface area contributed by atoms with Gasteiger partial charge in [0, 0.05) is 23.5 Å². The van der Waals surface area contributed by atoms with Crippen molar-refractivity contribution in [1.82, 2.24) is 15.0 Å². The van der Waals surface area contributed by atoms with E-state index in [0.717, 1.165) is 11.6 Å². The molecule has 0 aliphatic rings. The first-order chi connectivity index (χ1) is 18.5. The van der Waals surface area contributed by atoms with E-state index < -0.39 is 55.2 Å². The number of fused-ring (bicyclic) bond motifs is 1. The Bertz CT molecular complexity index is 1860. The maximum absolute atomic E-state index is 15.3. The van der Waals surface area contributed by atoms with Crippen molar-refractivity contribution in [2.45, 2.75) is 11.8 Å². The number of nitrogens with zero attached hydrogens (tertiary/aromatic N) is 2. The molecule has 5 rings (SSSR count). The normalized spacial score (nSPS) is 11.5. The SMILES string of the molecule is Cc1ccc(Nc2ncc3c(C(=O)c4c(F)ccc(NS(=O)(=O)c5cc(F)ccc5F)c4F)c[nH]c3n2)cc1. The minimum atomic E-state index is -4.84. The van der Waals surface area contributed by atoms with Crippen LogP contribution in [0.15, 0.2) is 71.9 Å². The van der Waals surface area contributed by atoms with Gasteiger partial charge in [0.05, 0.1) is 16.8 Å². The second-order valence-corrected chi connectivity index (χ2v) is 10.1. The number of H-pyrrole nitrogens is 1. The predicted octanol–water partition coefficient (Wildman–Crippen LogP) is 5.60. The number of hydrogen-bond donors (Lipinski definition) is 3. The molecule has 2 heterocycles. The molecule has 5 aromatic rings. The van der Waals surface area contributed by atoms with Crippen molar-refractivity contribution in [2.75, 3.05) is 10.0 Å². The van der Waals surface area contributed by atoms with Crippen molar-refractivity contribution in [3.8, 4) is 0 Å². The molecule has 0 aliphatic heterocycles. The number of hydrogen-bond acceptors (Lipinski definition) is 6. The fraction of sp³-hybridized carbons (Fsp3) is 0.0385. The largest absolute Gasteiger partial charge is 0.345 e. The highest BCUT2D eigenvalue weighted by Crippen LogP contribution is 2.29. The van der Waals surface area contributed by atoms with E-state index in [1.165, 1.54) is 12.4 Å². The zero-order valence-electron chi connectivity index (χ0n) is 19.9. The third-order valence-electron chi connectivity index (χ3n) is 5.73. The minimum Gasteiger partial charge on any atom is -0.345 e. The minimum absolute atomic E-state index is 0.154. The molecular formula is C26H17F4N5O3S. The molecule has 0 fully saturated rings. The summed E-state index contributed by atoms with van der Waals surface area (Å²) in [5.41, 5.74) is -0.129. The van der Waals surface area contributed by atoms with E-state index in [1.807, 2.05) is 31.2 Å². The van der Waals surface area contributed by atoms with Gasteiger partial charge in [-0.1, -0.05) is 17.7 Å². The summed E-state index contributed by atoms with van der Waals surface area (Å²) in [5, 5.41) is 3.15. The molecule has 198 valence electrons. The molecule has 0 unspecified atom stereocenters. The van der Waals surface area contributed by atoms with E-state index in [1.54, 1.807) is 4.72 Å². The van der Waals surface area contributed by atoms with Crippen LogP contribution >= 0.6 is 0 Å². The van der Waals surface area contributed by atoms with Crippen LogP contribution in [-0.4, -0.2) is 29.2 Å². The van der Waals surface area contributed by atoms with E-state index in [-0.39, 0.29) is 22.5 Å². The highest BCUT2D eigenvalue weighted by molar-refractivity contribution is 7.92. The van der Waals surface area contributed by atoms with Crippen molar-refractivity contribution < 1.29 is 30.8 Å². The lowest BCUT2D eigenvalue weighted by Crippen LogP contribution is -2.17. The summed E-state index contributed by atoms with van der Waals surface area (Å²) >= 11 is 0. The van der Waals surface area contributed by atoms with Crippen LogP contribution in [0, 0.1) is 30.2 Å². The number of aromatic amines is 1. The molecule has 0 bridgehead atoms. The Hall–Kier alpha value is -4.78. The van der Waals surface area contributed by atoms with Crippen LogP contribution in [0.5, 0.6) is 0 Å². The number of benzene rings is 3. The Balaban J connectivity index is 1.47. The highest BCUT2D eigenvalue weighted by Gasteiger charge is 2.27. The predicted molar refractivity (Wildman–Crippen MR) is 135 cm³/mol. The standard InChI is InChI=1S/C26H17F4N5O3S/c1-13-2-5-15(6-3-13)33-26-32-12-17-16(11-31-25(17)34-26)24(36)22-19(29)8-9-20(23(22)30)35-39(37,38)21-10-14(27)4-7-18(21)28/h2-12,35H,1H3,(H2,31,32,33,34). The number of sulfonamides is 1. The summed E-state index contributed by atoms with van der Waals surface area (Å²) in [6.07, 6.45) is 2.48. The molecule has 0 spiro atoms. The van der Waals surface area contributed by atoms with Gasteiger partial charge in [-0.05, 0) is 49.4 Å². The lowest BCUT2D eigenvalue weighted by atomic mass is 10.0. The number of aromatic nitrogens is 3. The van der Waals surface area contributed by atoms with Gasteiger partial charge in [-0.25, -0.2) is 31.0 Å². The monoisotopic (exact) mass is 555 g/mol. The van der Waals surface area contributed by atoms with Crippen molar-refractivity contribution in [1.29, 1.82) is 0 Å². The number of carbonyl (C=O) groups is 1. The van der Waals surface area contributed by atoms with Gasteiger partial charge >= 0.3 is 0 Å². The first-order valence-electron chi connectivity index (χ1n) is 11.2. The molecule has 0 atom stereocenters. The fourth-order valence-corrected chi connectivity index (χ4v) is 4.93. The summed E-state index contributed by atoms with van der Waals surface area (Å²) in [7, 11) is -4.84. The Kier molecular flexibility index (Phi) is 6.52. The maximum Gasteiger partial charge on any atom is 0.265 e. The second-order valence-electron chi connectivity index (χ2n) is 8.44. The Morgan fingerprint density at radius 3 is 2.41 bits per heavy atom. The topological polar surface area (TPSA) is 117 Å². The Morgan fingerprint density at radius 1 is 0.949 bits per heavy atom. The van der Waals surface area contributed by atoms with E-state index >= 15 is 4.39 Å². The summed E-state index contributed by atoms with van der Waals surface area (Å²) in [4.78, 5) is 23.3. The van der Waals surface area contributed by atoms with Gasteiger partial charge in [-0.15, -0.1) is 0 Å². The van der Waals surface area contributed by atoms with Crippen LogP contribution in [0.2, 0.25) is 0 Å². The van der Waals surface area contributed by atoms with Gasteiger partial charge in [-0.3, -0.25) is 9.52 Å². The van der Waals surface area contributed by atoms with Gasteiger partial charge < -0.3 is 10.3 Å². The summed E-state index contributed by atoms with van der Waals surface area (Å²) < 4.78 is 84.5. The first kappa shape index (κ1) is 25.9. The first-order valence-corrected chi connectivity index (χ1v) is 12.7. The fourth-order valence-electron chi connectivity index (χ4n) is 3.78. The van der Waals surface area contributed by atoms with Gasteiger partial charge in [0.25, 0.3) is 10.0 Å². The third kappa shape index (κ3) is 5.03. The second kappa shape index (κ2) is 9.83. The van der Waals surface area contributed by atoms with Crippen LogP contribution in [-0.2, 0) is 10.0 Å². The number of nitrogens with one attached hydrogen (secondary N) is 3. The van der Waals surface area contributed by atoms with E-state index in [4.69, 9.17) is 0 Å². The number of ketones is 1. The Morgan fingerprint density at radius 2 is 1.67 bits per heavy atom. The van der Waals surface area contributed by atoms with Crippen LogP contribution < -0.4 is 10.0 Å². The smallest absolute Gasteiger partial charge is 0.265 e. The zero-order chi connectivity index (χ0) is 27.9. The van der Waals surface area contributed by atoms with E-state index in [0.29, 0.717) is 30.0 Å². The molecule has 8 nitrogen and oxygen atoms in total. The van der Waals surface area contributed by atoms with Crippen molar-refractivity contribution in [2.24, 2.45) is 0 Å². The third-order valence-corrected chi connectivity index (χ3v) is 7.11. The van der Waals surface area contributed by atoms with Gasteiger partial charge in [-0.2, -0.15) is 4.98 Å². The average Bonchev–Trinajstić information content (AvgIpc) is 3.32. The molecule has 3 aromatic carbocycles. The molecule has 0 amide bonds. The number of rotatable bonds is 7. The summed E-state index contributed by atoms with van der Waals surface area (Å²) in [6.45, 7) is 1.93. The molecule has 0 saturated carbocycles. The lowest BCUT2D eigenvalue weighted by Gasteiger charge is -2.12. The van der Waals surface area contributed by atoms with Crippen LogP contribution in [0.4, 0.5) is 34.9 Å². The molecule has 39 heavy (non-hydrogen) atoms. The molecule has 0 radical (unpaired) electrons. The van der Waals surface area contributed by atoms with Crippen LogP contribution in [0.25, 0.3) is 11.0 Å². The average molecular weight is 556 g/mol. The molecule has 3 N–H and O–H groups in total. The molecule has 2 aromatic heterocycles. The Labute approximate surface area is 218 Å².